The van der Waals surface area contributed by atoms with Gasteiger partial charge >= 0.3 is 0 Å². The maximum absolute atomic E-state index is 5.46. The van der Waals surface area contributed by atoms with Crippen LogP contribution in [0.5, 0.6) is 0 Å². The van der Waals surface area contributed by atoms with Crippen LogP contribution in [-0.4, -0.2) is 19.8 Å². The molecule has 0 bridgehead atoms. The van der Waals surface area contributed by atoms with Crippen molar-refractivity contribution in [1.82, 2.24) is 0 Å². The summed E-state index contributed by atoms with van der Waals surface area (Å²) in [5.41, 5.74) is 6.65. The summed E-state index contributed by atoms with van der Waals surface area (Å²) in [5.74, 6) is 0.624. The summed E-state index contributed by atoms with van der Waals surface area (Å²) in [5, 5.41) is 0. The van der Waals surface area contributed by atoms with Gasteiger partial charge in [0.2, 0.25) is 0 Å². The standard InChI is InChI=1S/C8H15NO.ClH/c1-7(6-9)8-2-4-10-5-3-8;/h8H,1-6,9H2;1H. The molecular weight excluding hydrogens is 162 g/mol. The Morgan fingerprint density at radius 2 is 2.00 bits per heavy atom. The van der Waals surface area contributed by atoms with E-state index >= 15 is 0 Å². The zero-order chi connectivity index (χ0) is 7.40. The van der Waals surface area contributed by atoms with E-state index in [1.165, 1.54) is 5.57 Å². The number of nitrogens with two attached hydrogens (primary N) is 1. The van der Waals surface area contributed by atoms with Crippen molar-refractivity contribution in [1.29, 1.82) is 0 Å². The molecule has 0 aliphatic carbocycles. The summed E-state index contributed by atoms with van der Waals surface area (Å²) in [6.45, 7) is 6.30. The van der Waals surface area contributed by atoms with Crippen LogP contribution in [-0.2, 0) is 4.74 Å². The van der Waals surface area contributed by atoms with Crippen LogP contribution in [0.15, 0.2) is 12.2 Å². The number of rotatable bonds is 2. The summed E-state index contributed by atoms with van der Waals surface area (Å²) < 4.78 is 5.21. The van der Waals surface area contributed by atoms with Crippen molar-refractivity contribution in [3.8, 4) is 0 Å². The lowest BCUT2D eigenvalue weighted by molar-refractivity contribution is 0.0756. The molecule has 66 valence electrons. The lowest BCUT2D eigenvalue weighted by atomic mass is 9.93. The van der Waals surface area contributed by atoms with Crippen LogP contribution in [0.4, 0.5) is 0 Å². The van der Waals surface area contributed by atoms with E-state index in [9.17, 15) is 0 Å². The van der Waals surface area contributed by atoms with E-state index in [4.69, 9.17) is 10.5 Å². The summed E-state index contributed by atoms with van der Waals surface area (Å²) in [7, 11) is 0. The Balaban J connectivity index is 0.000001000. The van der Waals surface area contributed by atoms with Crippen LogP contribution in [0.3, 0.4) is 0 Å². The molecule has 1 heterocycles. The first-order valence-corrected chi connectivity index (χ1v) is 3.80. The van der Waals surface area contributed by atoms with Gasteiger partial charge in [-0.2, -0.15) is 0 Å². The Morgan fingerprint density at radius 3 is 2.45 bits per heavy atom. The fourth-order valence-corrected chi connectivity index (χ4v) is 1.27. The SMILES string of the molecule is C=C(CN)C1CCOCC1.Cl. The van der Waals surface area contributed by atoms with Crippen LogP contribution in [0.25, 0.3) is 0 Å². The van der Waals surface area contributed by atoms with Gasteiger partial charge in [-0.05, 0) is 18.8 Å². The topological polar surface area (TPSA) is 35.2 Å². The third kappa shape index (κ3) is 3.23. The van der Waals surface area contributed by atoms with Crippen molar-refractivity contribution in [3.63, 3.8) is 0 Å². The van der Waals surface area contributed by atoms with Crippen molar-refractivity contribution >= 4 is 12.4 Å². The van der Waals surface area contributed by atoms with Gasteiger partial charge in [-0.1, -0.05) is 12.2 Å². The molecule has 0 radical (unpaired) electrons. The summed E-state index contributed by atoms with van der Waals surface area (Å²) in [4.78, 5) is 0. The average Bonchev–Trinajstić information content (AvgIpc) is 2.05. The van der Waals surface area contributed by atoms with Gasteiger partial charge in [0.25, 0.3) is 0 Å². The van der Waals surface area contributed by atoms with Crippen LogP contribution in [0, 0.1) is 5.92 Å². The van der Waals surface area contributed by atoms with Gasteiger partial charge in [-0.15, -0.1) is 12.4 Å². The molecule has 0 aromatic rings. The molecule has 2 nitrogen and oxygen atoms in total. The van der Waals surface area contributed by atoms with E-state index in [0.29, 0.717) is 12.5 Å². The first kappa shape index (κ1) is 11.0. The normalized spacial score (nSPS) is 19.0. The van der Waals surface area contributed by atoms with Gasteiger partial charge in [0, 0.05) is 19.8 Å². The predicted molar refractivity (Wildman–Crippen MR) is 49.0 cm³/mol. The van der Waals surface area contributed by atoms with Gasteiger partial charge in [0.05, 0.1) is 0 Å². The fourth-order valence-electron chi connectivity index (χ4n) is 1.27. The Hall–Kier alpha value is -0.0500. The second-order valence-corrected chi connectivity index (χ2v) is 2.75. The fraction of sp³-hybridized carbons (Fsp3) is 0.750. The molecule has 0 amide bonds. The van der Waals surface area contributed by atoms with Crippen LogP contribution < -0.4 is 5.73 Å². The lowest BCUT2D eigenvalue weighted by Crippen LogP contribution is -2.20. The van der Waals surface area contributed by atoms with Crippen molar-refractivity contribution in [2.24, 2.45) is 11.7 Å². The molecule has 0 unspecified atom stereocenters. The average molecular weight is 178 g/mol. The molecule has 3 heteroatoms. The van der Waals surface area contributed by atoms with Crippen LogP contribution >= 0.6 is 12.4 Å². The first-order chi connectivity index (χ1) is 4.84. The van der Waals surface area contributed by atoms with Crippen LogP contribution in [0.2, 0.25) is 0 Å². The summed E-state index contributed by atoms with van der Waals surface area (Å²) in [6.07, 6.45) is 2.21. The Morgan fingerprint density at radius 1 is 1.45 bits per heavy atom. The van der Waals surface area contributed by atoms with Crippen molar-refractivity contribution < 1.29 is 4.74 Å². The maximum Gasteiger partial charge on any atom is 0.0471 e. The molecular formula is C8H16ClNO. The minimum Gasteiger partial charge on any atom is -0.381 e. The van der Waals surface area contributed by atoms with Gasteiger partial charge < -0.3 is 10.5 Å². The van der Waals surface area contributed by atoms with E-state index in [1.54, 1.807) is 0 Å². The molecule has 0 aromatic heterocycles. The Kier molecular flexibility index (Phi) is 5.56. The molecule has 1 aliphatic rings. The van der Waals surface area contributed by atoms with E-state index in [-0.39, 0.29) is 12.4 Å². The maximum atomic E-state index is 5.46. The molecule has 1 aliphatic heterocycles. The number of hydrogen-bond acceptors (Lipinski definition) is 2. The van der Waals surface area contributed by atoms with Gasteiger partial charge in [0.1, 0.15) is 0 Å². The second-order valence-electron chi connectivity index (χ2n) is 2.75. The smallest absolute Gasteiger partial charge is 0.0471 e. The first-order valence-electron chi connectivity index (χ1n) is 3.80. The number of ether oxygens (including phenoxy) is 1. The Bertz CT molecular complexity index is 121. The lowest BCUT2D eigenvalue weighted by Gasteiger charge is -2.22. The largest absolute Gasteiger partial charge is 0.381 e. The van der Waals surface area contributed by atoms with Gasteiger partial charge in [-0.3, -0.25) is 0 Å². The Labute approximate surface area is 74.2 Å². The molecule has 0 spiro atoms. The molecule has 1 saturated heterocycles. The van der Waals surface area contributed by atoms with E-state index in [1.807, 2.05) is 0 Å². The zero-order valence-corrected chi connectivity index (χ0v) is 7.53. The number of halogens is 1. The molecule has 2 N–H and O–H groups in total. The van der Waals surface area contributed by atoms with Gasteiger partial charge in [0.15, 0.2) is 0 Å². The third-order valence-electron chi connectivity index (χ3n) is 2.06. The van der Waals surface area contributed by atoms with Crippen molar-refractivity contribution in [2.75, 3.05) is 19.8 Å². The van der Waals surface area contributed by atoms with E-state index in [0.717, 1.165) is 26.1 Å². The molecule has 1 rings (SSSR count). The third-order valence-corrected chi connectivity index (χ3v) is 2.06. The van der Waals surface area contributed by atoms with Crippen LogP contribution in [0.1, 0.15) is 12.8 Å². The van der Waals surface area contributed by atoms with Crippen molar-refractivity contribution in [2.45, 2.75) is 12.8 Å². The molecule has 1 fully saturated rings. The predicted octanol–water partition coefficient (Wildman–Crippen LogP) is 1.35. The molecule has 0 aromatic carbocycles. The van der Waals surface area contributed by atoms with Crippen molar-refractivity contribution in [3.05, 3.63) is 12.2 Å². The minimum absolute atomic E-state index is 0. The van der Waals surface area contributed by atoms with E-state index < -0.39 is 0 Å². The summed E-state index contributed by atoms with van der Waals surface area (Å²) >= 11 is 0. The highest BCUT2D eigenvalue weighted by Gasteiger charge is 2.14. The quantitative estimate of drug-likeness (QED) is 0.647. The van der Waals surface area contributed by atoms with E-state index in [2.05, 4.69) is 6.58 Å². The molecule has 0 atom stereocenters. The number of hydrogen-bond donors (Lipinski definition) is 1. The highest BCUT2D eigenvalue weighted by atomic mass is 35.5. The summed E-state index contributed by atoms with van der Waals surface area (Å²) in [6, 6.07) is 0. The molecule has 11 heavy (non-hydrogen) atoms. The highest BCUT2D eigenvalue weighted by Crippen LogP contribution is 2.20. The van der Waals surface area contributed by atoms with Gasteiger partial charge in [-0.25, -0.2) is 0 Å². The minimum atomic E-state index is 0. The monoisotopic (exact) mass is 177 g/mol. The molecule has 0 saturated carbocycles. The zero-order valence-electron chi connectivity index (χ0n) is 6.71. The second kappa shape index (κ2) is 5.58. The highest BCUT2D eigenvalue weighted by molar-refractivity contribution is 5.85.